The third-order valence-corrected chi connectivity index (χ3v) is 5.45. The molecule has 3 aromatic carbocycles. The first-order valence-electron chi connectivity index (χ1n) is 9.88. The zero-order chi connectivity index (χ0) is 21.1. The molecule has 154 valence electrons. The molecule has 1 saturated heterocycles. The maximum atomic E-state index is 14.6. The van der Waals surface area contributed by atoms with Crippen LogP contribution in [0.25, 0.3) is 11.1 Å². The maximum absolute atomic E-state index is 14.6. The number of halogens is 1. The van der Waals surface area contributed by atoms with Gasteiger partial charge < -0.3 is 15.1 Å². The number of phenols is 1. The molecule has 0 amide bonds. The highest BCUT2D eigenvalue weighted by molar-refractivity contribution is 5.88. The monoisotopic (exact) mass is 406 g/mol. The van der Waals surface area contributed by atoms with E-state index in [0.29, 0.717) is 17.7 Å². The van der Waals surface area contributed by atoms with Crippen molar-refractivity contribution in [3.63, 3.8) is 0 Å². The molecule has 5 nitrogen and oxygen atoms in total. The Bertz CT molecular complexity index is 1040. The quantitative estimate of drug-likeness (QED) is 0.664. The van der Waals surface area contributed by atoms with Gasteiger partial charge in [0.1, 0.15) is 11.6 Å². The average molecular weight is 406 g/mol. The van der Waals surface area contributed by atoms with E-state index in [1.54, 1.807) is 48.5 Å². The molecule has 0 aliphatic carbocycles. The minimum Gasteiger partial charge on any atom is -0.508 e. The Hall–Kier alpha value is -3.38. The molecule has 30 heavy (non-hydrogen) atoms. The molecule has 0 aromatic heterocycles. The normalized spacial score (nSPS) is 14.6. The number of carboxylic acid groups (broad SMARTS) is 1. The van der Waals surface area contributed by atoms with Gasteiger partial charge in [0.25, 0.3) is 0 Å². The second-order valence-corrected chi connectivity index (χ2v) is 7.48. The summed E-state index contributed by atoms with van der Waals surface area (Å²) in [6.45, 7) is 4.02. The van der Waals surface area contributed by atoms with E-state index < -0.39 is 5.97 Å². The Labute approximate surface area is 174 Å². The van der Waals surface area contributed by atoms with Gasteiger partial charge in [-0.1, -0.05) is 24.3 Å². The van der Waals surface area contributed by atoms with Gasteiger partial charge in [0, 0.05) is 44.0 Å². The molecular formula is C24H23FN2O3. The molecule has 0 spiro atoms. The van der Waals surface area contributed by atoms with E-state index >= 15 is 0 Å². The van der Waals surface area contributed by atoms with Gasteiger partial charge in [-0.15, -0.1) is 0 Å². The smallest absolute Gasteiger partial charge is 0.335 e. The largest absolute Gasteiger partial charge is 0.508 e. The minimum atomic E-state index is -0.923. The van der Waals surface area contributed by atoms with Crippen molar-refractivity contribution in [3.8, 4) is 16.9 Å². The number of hydrogen-bond donors (Lipinski definition) is 2. The highest BCUT2D eigenvalue weighted by Gasteiger charge is 2.18. The van der Waals surface area contributed by atoms with E-state index in [1.807, 2.05) is 18.2 Å². The van der Waals surface area contributed by atoms with Crippen LogP contribution in [0.1, 0.15) is 15.9 Å². The van der Waals surface area contributed by atoms with E-state index in [4.69, 9.17) is 5.11 Å². The summed E-state index contributed by atoms with van der Waals surface area (Å²) >= 11 is 0. The lowest BCUT2D eigenvalue weighted by Crippen LogP contribution is -2.45. The third-order valence-electron chi connectivity index (χ3n) is 5.45. The number of hydrogen-bond acceptors (Lipinski definition) is 4. The molecule has 1 aliphatic heterocycles. The second kappa shape index (κ2) is 8.55. The van der Waals surface area contributed by atoms with Crippen LogP contribution in [0.3, 0.4) is 0 Å². The molecular weight excluding hydrogens is 383 g/mol. The number of aromatic hydroxyl groups is 1. The van der Waals surface area contributed by atoms with Crippen molar-refractivity contribution in [2.24, 2.45) is 0 Å². The predicted molar refractivity (Wildman–Crippen MR) is 114 cm³/mol. The highest BCUT2D eigenvalue weighted by Crippen LogP contribution is 2.27. The lowest BCUT2D eigenvalue weighted by atomic mass is 10.0. The lowest BCUT2D eigenvalue weighted by Gasteiger charge is -2.36. The molecule has 2 N–H and O–H groups in total. The van der Waals surface area contributed by atoms with Crippen LogP contribution in [0.5, 0.6) is 5.75 Å². The summed E-state index contributed by atoms with van der Waals surface area (Å²) in [5.74, 6) is -1.10. The van der Waals surface area contributed by atoms with Crippen molar-refractivity contribution in [2.45, 2.75) is 6.54 Å². The van der Waals surface area contributed by atoms with Crippen LogP contribution in [-0.2, 0) is 6.54 Å². The number of piperazine rings is 1. The molecule has 0 atom stereocenters. The van der Waals surface area contributed by atoms with Crippen LogP contribution in [-0.4, -0.2) is 47.3 Å². The number of carboxylic acids is 1. The second-order valence-electron chi connectivity index (χ2n) is 7.48. The van der Waals surface area contributed by atoms with Crippen LogP contribution in [0.15, 0.2) is 66.7 Å². The number of aromatic carboxylic acids is 1. The van der Waals surface area contributed by atoms with Crippen LogP contribution < -0.4 is 4.90 Å². The SMILES string of the molecule is O=C(O)c1ccc(N2CCN(Cc3ccc(-c4cccc(O)c4)c(F)c3)CC2)cc1. The van der Waals surface area contributed by atoms with Crippen LogP contribution in [0, 0.1) is 5.82 Å². The summed E-state index contributed by atoms with van der Waals surface area (Å²) in [5.41, 5.74) is 3.34. The number of nitrogens with zero attached hydrogens (tertiary/aromatic N) is 2. The van der Waals surface area contributed by atoms with Crippen LogP contribution >= 0.6 is 0 Å². The first kappa shape index (κ1) is 19.9. The first-order chi connectivity index (χ1) is 14.5. The summed E-state index contributed by atoms with van der Waals surface area (Å²) in [6.07, 6.45) is 0. The summed E-state index contributed by atoms with van der Waals surface area (Å²) < 4.78 is 14.6. The standard InChI is InChI=1S/C24H23FN2O3/c25-23-14-17(4-9-22(23)19-2-1-3-21(28)15-19)16-26-10-12-27(13-11-26)20-7-5-18(6-8-20)24(29)30/h1-9,14-15,28H,10-13,16H2,(H,29,30). The van der Waals surface area contributed by atoms with E-state index in [9.17, 15) is 14.3 Å². The first-order valence-corrected chi connectivity index (χ1v) is 9.88. The highest BCUT2D eigenvalue weighted by atomic mass is 19.1. The molecule has 0 radical (unpaired) electrons. The third kappa shape index (κ3) is 4.44. The fourth-order valence-corrected chi connectivity index (χ4v) is 3.80. The average Bonchev–Trinajstić information content (AvgIpc) is 2.74. The maximum Gasteiger partial charge on any atom is 0.335 e. The Balaban J connectivity index is 1.37. The molecule has 1 heterocycles. The van der Waals surface area contributed by atoms with E-state index in [-0.39, 0.29) is 17.1 Å². The van der Waals surface area contributed by atoms with Gasteiger partial charge in [0.15, 0.2) is 0 Å². The molecule has 3 aromatic rings. The minimum absolute atomic E-state index is 0.117. The van der Waals surface area contributed by atoms with Crippen molar-refractivity contribution in [3.05, 3.63) is 83.7 Å². The number of rotatable bonds is 5. The number of benzene rings is 3. The van der Waals surface area contributed by atoms with Gasteiger partial charge >= 0.3 is 5.97 Å². The van der Waals surface area contributed by atoms with Gasteiger partial charge in [-0.3, -0.25) is 4.90 Å². The van der Waals surface area contributed by atoms with Crippen molar-refractivity contribution in [1.29, 1.82) is 0 Å². The van der Waals surface area contributed by atoms with Gasteiger partial charge in [0.2, 0.25) is 0 Å². The van der Waals surface area contributed by atoms with Gasteiger partial charge in [-0.25, -0.2) is 9.18 Å². The van der Waals surface area contributed by atoms with Crippen LogP contribution in [0.2, 0.25) is 0 Å². The zero-order valence-corrected chi connectivity index (χ0v) is 16.5. The predicted octanol–water partition coefficient (Wildman–Crippen LogP) is 4.22. The molecule has 1 aliphatic rings. The zero-order valence-electron chi connectivity index (χ0n) is 16.5. The van der Waals surface area contributed by atoms with Crippen molar-refractivity contribution >= 4 is 11.7 Å². The topological polar surface area (TPSA) is 64.0 Å². The molecule has 0 unspecified atom stereocenters. The fraction of sp³-hybridized carbons (Fsp3) is 0.208. The summed E-state index contributed by atoms with van der Waals surface area (Å²) in [5, 5.41) is 18.6. The number of anilines is 1. The molecule has 0 saturated carbocycles. The van der Waals surface area contributed by atoms with E-state index in [2.05, 4.69) is 9.80 Å². The summed E-state index contributed by atoms with van der Waals surface area (Å²) in [7, 11) is 0. The van der Waals surface area contributed by atoms with Crippen molar-refractivity contribution in [2.75, 3.05) is 31.1 Å². The van der Waals surface area contributed by atoms with E-state index in [1.165, 1.54) is 0 Å². The van der Waals surface area contributed by atoms with Gasteiger partial charge in [-0.05, 0) is 53.6 Å². The molecule has 4 rings (SSSR count). The fourth-order valence-electron chi connectivity index (χ4n) is 3.80. The van der Waals surface area contributed by atoms with E-state index in [0.717, 1.165) is 37.4 Å². The Morgan fingerprint density at radius 3 is 2.30 bits per heavy atom. The molecule has 6 heteroatoms. The summed E-state index contributed by atoms with van der Waals surface area (Å²) in [6, 6.07) is 18.8. The number of phenolic OH excluding ortho intramolecular Hbond substituents is 1. The van der Waals surface area contributed by atoms with Gasteiger partial charge in [0.05, 0.1) is 5.56 Å². The Morgan fingerprint density at radius 1 is 0.933 bits per heavy atom. The Kier molecular flexibility index (Phi) is 5.68. The van der Waals surface area contributed by atoms with Gasteiger partial charge in [-0.2, -0.15) is 0 Å². The Morgan fingerprint density at radius 2 is 1.67 bits per heavy atom. The molecule has 1 fully saturated rings. The number of carbonyl (C=O) groups is 1. The van der Waals surface area contributed by atoms with Crippen LogP contribution in [0.4, 0.5) is 10.1 Å². The summed E-state index contributed by atoms with van der Waals surface area (Å²) in [4.78, 5) is 15.5. The van der Waals surface area contributed by atoms with Crippen molar-refractivity contribution < 1.29 is 19.4 Å². The molecule has 0 bridgehead atoms. The lowest BCUT2D eigenvalue weighted by molar-refractivity contribution is 0.0697. The van der Waals surface area contributed by atoms with Crippen molar-refractivity contribution in [1.82, 2.24) is 4.90 Å².